The molecule has 0 bridgehead atoms. The normalized spacial score (nSPS) is 11.6. The second-order valence-corrected chi connectivity index (χ2v) is 11.7. The van der Waals surface area contributed by atoms with E-state index in [0.717, 1.165) is 11.1 Å². The molecule has 4 rings (SSSR count). The Hall–Kier alpha value is -4.01. The van der Waals surface area contributed by atoms with Gasteiger partial charge < -0.3 is 24.2 Å². The number of carboxylic acid groups (broad SMARTS) is 1. The second kappa shape index (κ2) is 18.0. The summed E-state index contributed by atoms with van der Waals surface area (Å²) in [6, 6.07) is 12.5. The Kier molecular flexibility index (Phi) is 14.6. The van der Waals surface area contributed by atoms with Gasteiger partial charge in [-0.15, -0.1) is 0 Å². The van der Waals surface area contributed by atoms with Crippen molar-refractivity contribution in [3.63, 3.8) is 0 Å². The van der Waals surface area contributed by atoms with Crippen LogP contribution in [0.15, 0.2) is 67.0 Å². The first-order valence-corrected chi connectivity index (χ1v) is 15.7. The third kappa shape index (κ3) is 11.5. The number of hydrogen-bond acceptors (Lipinski definition) is 7. The Morgan fingerprint density at radius 2 is 1.49 bits per heavy atom. The predicted molar refractivity (Wildman–Crippen MR) is 182 cm³/mol. The van der Waals surface area contributed by atoms with E-state index in [4.69, 9.17) is 19.3 Å². The van der Waals surface area contributed by atoms with E-state index in [9.17, 15) is 31.1 Å². The van der Waals surface area contributed by atoms with Crippen molar-refractivity contribution < 1.29 is 50.5 Å². The Bertz CT molecular complexity index is 1740. The molecule has 8 nitrogen and oxygen atoms in total. The molecule has 0 radical (unpaired) electrons. The van der Waals surface area contributed by atoms with E-state index in [-0.39, 0.29) is 84.8 Å². The molecule has 4 aromatic rings. The van der Waals surface area contributed by atoms with Gasteiger partial charge in [0.25, 0.3) is 0 Å². The minimum absolute atomic E-state index is 0. The summed E-state index contributed by atoms with van der Waals surface area (Å²) in [7, 11) is 1.53. The first-order chi connectivity index (χ1) is 23.6. The van der Waals surface area contributed by atoms with Gasteiger partial charge in [0, 0.05) is 25.1 Å². The maximum absolute atomic E-state index is 13.8. The number of hydrogen-bond donors (Lipinski definition) is 1. The monoisotopic (exact) mass is 729 g/mol. The van der Waals surface area contributed by atoms with Crippen LogP contribution in [0.2, 0.25) is 0 Å². The van der Waals surface area contributed by atoms with Crippen LogP contribution in [-0.4, -0.2) is 70.9 Å². The minimum atomic E-state index is -5.03. The van der Waals surface area contributed by atoms with Crippen LogP contribution in [0.4, 0.5) is 32.3 Å². The topological polar surface area (TPSA) is 94.0 Å². The van der Waals surface area contributed by atoms with E-state index in [1.165, 1.54) is 24.4 Å². The van der Waals surface area contributed by atoms with Crippen molar-refractivity contribution >= 4 is 41.5 Å². The standard InChI is InChI=1S/C36H37F6N3O5.Na.H/c1-5-49-28-9-10-30(31-16-24(22(2)3)8-11-32(31)48-4)25(15-28)21-45(34-43-18-29(19-44-34)50-12-6-7-33(46)47)20-23-13-26(35(37,38)39)17-27(14-23)36(40,41)42;;/h8-11,13-19,22H,5-7,12,20-21H2,1-4H3,(H,46,47);;. The Morgan fingerprint density at radius 3 is 2.04 bits per heavy atom. The van der Waals surface area contributed by atoms with Crippen molar-refractivity contribution in [1.82, 2.24) is 9.97 Å². The van der Waals surface area contributed by atoms with Crippen LogP contribution in [0.3, 0.4) is 0 Å². The first-order valence-electron chi connectivity index (χ1n) is 15.7. The van der Waals surface area contributed by atoms with Crippen molar-refractivity contribution in [3.05, 3.63) is 94.8 Å². The number of alkyl halides is 6. The molecule has 0 atom stereocenters. The SMILES string of the molecule is CCOc1ccc(-c2cc(C(C)C)ccc2OC)c(CN(Cc2cc(C(F)(F)F)cc(C(F)(F)F)c2)c2ncc(OCCCC(=O)O)cn2)c1.[NaH]. The Morgan fingerprint density at radius 1 is 0.843 bits per heavy atom. The molecule has 0 fully saturated rings. The molecule has 0 unspecified atom stereocenters. The first kappa shape index (κ1) is 41.4. The summed E-state index contributed by atoms with van der Waals surface area (Å²) >= 11 is 0. The summed E-state index contributed by atoms with van der Waals surface area (Å²) in [5.41, 5.74) is -0.117. The summed E-state index contributed by atoms with van der Waals surface area (Å²) in [4.78, 5) is 20.9. The van der Waals surface area contributed by atoms with Gasteiger partial charge in [-0.1, -0.05) is 26.0 Å². The van der Waals surface area contributed by atoms with Gasteiger partial charge in [0.05, 0.1) is 43.8 Å². The third-order valence-corrected chi connectivity index (χ3v) is 7.65. The molecule has 3 aromatic carbocycles. The molecule has 0 aliphatic heterocycles. The molecule has 0 saturated heterocycles. The van der Waals surface area contributed by atoms with E-state index in [0.29, 0.717) is 41.4 Å². The summed E-state index contributed by atoms with van der Waals surface area (Å²) in [5, 5.41) is 8.85. The van der Waals surface area contributed by atoms with Gasteiger partial charge in [-0.3, -0.25) is 4.79 Å². The van der Waals surface area contributed by atoms with E-state index >= 15 is 0 Å². The fraction of sp³-hybridized carbons (Fsp3) is 0.361. The van der Waals surface area contributed by atoms with Gasteiger partial charge >= 0.3 is 47.9 Å². The number of benzene rings is 3. The summed E-state index contributed by atoms with van der Waals surface area (Å²) in [6.07, 6.45) is -7.35. The average molecular weight is 730 g/mol. The predicted octanol–water partition coefficient (Wildman–Crippen LogP) is 8.51. The maximum atomic E-state index is 13.8. The quantitative estimate of drug-likeness (QED) is 0.0740. The number of rotatable bonds is 15. The van der Waals surface area contributed by atoms with Crippen LogP contribution in [-0.2, 0) is 30.2 Å². The molecule has 0 saturated carbocycles. The van der Waals surface area contributed by atoms with Crippen molar-refractivity contribution in [2.45, 2.75) is 65.0 Å². The zero-order valence-electron chi connectivity index (χ0n) is 27.9. The molecule has 0 aliphatic rings. The molecule has 0 amide bonds. The van der Waals surface area contributed by atoms with Gasteiger partial charge in [0.1, 0.15) is 11.5 Å². The van der Waals surface area contributed by atoms with Crippen LogP contribution in [0.5, 0.6) is 17.2 Å². The van der Waals surface area contributed by atoms with Gasteiger partial charge in [0.2, 0.25) is 5.95 Å². The molecule has 15 heteroatoms. The van der Waals surface area contributed by atoms with E-state index in [1.807, 2.05) is 38.1 Å². The molecule has 0 spiro atoms. The third-order valence-electron chi connectivity index (χ3n) is 7.65. The second-order valence-electron chi connectivity index (χ2n) is 11.7. The van der Waals surface area contributed by atoms with Gasteiger partial charge in [-0.2, -0.15) is 26.3 Å². The van der Waals surface area contributed by atoms with Crippen LogP contribution in [0.25, 0.3) is 11.1 Å². The average Bonchev–Trinajstić information content (AvgIpc) is 3.05. The molecule has 0 aliphatic carbocycles. The fourth-order valence-electron chi connectivity index (χ4n) is 5.21. The van der Waals surface area contributed by atoms with Crippen LogP contribution < -0.4 is 19.1 Å². The molecule has 51 heavy (non-hydrogen) atoms. The van der Waals surface area contributed by atoms with Crippen molar-refractivity contribution in [3.8, 4) is 28.4 Å². The zero-order chi connectivity index (χ0) is 36.6. The van der Waals surface area contributed by atoms with Crippen molar-refractivity contribution in [1.29, 1.82) is 0 Å². The number of aromatic nitrogens is 2. The summed E-state index contributed by atoms with van der Waals surface area (Å²) in [6.45, 7) is 5.78. The number of carboxylic acids is 1. The number of methoxy groups -OCH3 is 1. The molecule has 1 aromatic heterocycles. The zero-order valence-corrected chi connectivity index (χ0v) is 27.9. The van der Waals surface area contributed by atoms with Crippen LogP contribution in [0, 0.1) is 0 Å². The van der Waals surface area contributed by atoms with Crippen LogP contribution >= 0.6 is 0 Å². The van der Waals surface area contributed by atoms with Crippen LogP contribution in [0.1, 0.15) is 67.3 Å². The number of anilines is 1. The van der Waals surface area contributed by atoms with E-state index in [1.54, 1.807) is 19.1 Å². The Balaban J connectivity index is 0.00000702. The molecular weight excluding hydrogens is 691 g/mol. The number of aliphatic carboxylic acids is 1. The van der Waals surface area contributed by atoms with E-state index < -0.39 is 36.0 Å². The summed E-state index contributed by atoms with van der Waals surface area (Å²) in [5.74, 6) is 0.426. The fourth-order valence-corrected chi connectivity index (χ4v) is 5.21. The van der Waals surface area contributed by atoms with Gasteiger partial charge in [-0.25, -0.2) is 9.97 Å². The molecular formula is C36H38F6N3NaO5. The van der Waals surface area contributed by atoms with E-state index in [2.05, 4.69) is 9.97 Å². The molecule has 270 valence electrons. The van der Waals surface area contributed by atoms with Gasteiger partial charge in [-0.05, 0) is 84.0 Å². The number of halogens is 6. The van der Waals surface area contributed by atoms with Crippen molar-refractivity contribution in [2.75, 3.05) is 25.2 Å². The number of nitrogens with zero attached hydrogens (tertiary/aromatic N) is 3. The number of carbonyl (C=O) groups is 1. The Labute approximate surface area is 314 Å². The molecule has 1 N–H and O–H groups in total. The number of ether oxygens (including phenoxy) is 3. The summed E-state index contributed by atoms with van der Waals surface area (Å²) < 4.78 is 99.8. The van der Waals surface area contributed by atoms with Gasteiger partial charge in [0.15, 0.2) is 5.75 Å². The van der Waals surface area contributed by atoms with Crippen molar-refractivity contribution in [2.24, 2.45) is 0 Å². The molecule has 1 heterocycles.